The average Bonchev–Trinajstić information content (AvgIpc) is 2.71. The van der Waals surface area contributed by atoms with Gasteiger partial charge < -0.3 is 4.90 Å². The summed E-state index contributed by atoms with van der Waals surface area (Å²) in [5.41, 5.74) is 0. The van der Waals surface area contributed by atoms with Crippen LogP contribution in [0.25, 0.3) is 0 Å². The zero-order valence-corrected chi connectivity index (χ0v) is 11.6. The first-order chi connectivity index (χ1) is 7.70. The summed E-state index contributed by atoms with van der Waals surface area (Å²) in [7, 11) is 0. The summed E-state index contributed by atoms with van der Waals surface area (Å²) in [6.45, 7) is 4.39. The predicted molar refractivity (Wildman–Crippen MR) is 70.0 cm³/mol. The molecule has 3 nitrogen and oxygen atoms in total. The van der Waals surface area contributed by atoms with E-state index in [0.717, 1.165) is 29.3 Å². The van der Waals surface area contributed by atoms with Crippen molar-refractivity contribution in [1.82, 2.24) is 9.97 Å². The molecule has 1 aromatic heterocycles. The van der Waals surface area contributed by atoms with Crippen LogP contribution in [0.3, 0.4) is 0 Å². The molecule has 1 aliphatic rings. The molecule has 0 bridgehead atoms. The monoisotopic (exact) mass is 303 g/mol. The van der Waals surface area contributed by atoms with Gasteiger partial charge in [0, 0.05) is 19.3 Å². The molecule has 0 spiro atoms. The van der Waals surface area contributed by atoms with Gasteiger partial charge in [0.25, 0.3) is 0 Å². The van der Waals surface area contributed by atoms with Gasteiger partial charge in [-0.15, -0.1) is 0 Å². The van der Waals surface area contributed by atoms with Crippen molar-refractivity contribution >= 4 is 33.3 Å². The third kappa shape index (κ3) is 2.66. The van der Waals surface area contributed by atoms with Gasteiger partial charge in [0.05, 0.1) is 4.47 Å². The Labute approximate surface area is 109 Å². The molecule has 1 aliphatic heterocycles. The van der Waals surface area contributed by atoms with E-state index in [2.05, 4.69) is 37.7 Å². The van der Waals surface area contributed by atoms with E-state index in [1.54, 1.807) is 6.20 Å². The van der Waals surface area contributed by atoms with E-state index in [4.69, 9.17) is 11.6 Å². The van der Waals surface area contributed by atoms with E-state index in [9.17, 15) is 0 Å². The highest BCUT2D eigenvalue weighted by Gasteiger charge is 2.24. The molecule has 0 radical (unpaired) electrons. The maximum absolute atomic E-state index is 5.82. The van der Waals surface area contributed by atoms with Gasteiger partial charge in [-0.1, -0.05) is 13.3 Å². The van der Waals surface area contributed by atoms with Crippen molar-refractivity contribution in [2.24, 2.45) is 5.92 Å². The zero-order valence-electron chi connectivity index (χ0n) is 9.29. The molecule has 1 atom stereocenters. The molecule has 2 rings (SSSR count). The smallest absolute Gasteiger partial charge is 0.224 e. The number of aromatic nitrogens is 2. The minimum Gasteiger partial charge on any atom is -0.355 e. The third-order valence-electron chi connectivity index (χ3n) is 2.98. The molecule has 0 saturated carbocycles. The lowest BCUT2D eigenvalue weighted by molar-refractivity contribution is 0.529. The zero-order chi connectivity index (χ0) is 11.5. The largest absolute Gasteiger partial charge is 0.355 e. The molecule has 2 heterocycles. The fourth-order valence-corrected chi connectivity index (χ4v) is 2.80. The van der Waals surface area contributed by atoms with E-state index < -0.39 is 0 Å². The highest BCUT2D eigenvalue weighted by atomic mass is 79.9. The third-order valence-corrected chi connectivity index (χ3v) is 3.72. The van der Waals surface area contributed by atoms with Crippen molar-refractivity contribution in [2.45, 2.75) is 26.2 Å². The van der Waals surface area contributed by atoms with Crippen LogP contribution in [0.4, 0.5) is 5.82 Å². The van der Waals surface area contributed by atoms with Gasteiger partial charge in [-0.3, -0.25) is 0 Å². The molecular weight excluding hydrogens is 289 g/mol. The van der Waals surface area contributed by atoms with Gasteiger partial charge >= 0.3 is 0 Å². The van der Waals surface area contributed by atoms with Crippen molar-refractivity contribution in [3.8, 4) is 0 Å². The molecule has 88 valence electrons. The summed E-state index contributed by atoms with van der Waals surface area (Å²) in [6, 6.07) is 0. The van der Waals surface area contributed by atoms with E-state index in [0.29, 0.717) is 5.28 Å². The Bertz CT molecular complexity index is 372. The fourth-order valence-electron chi connectivity index (χ4n) is 2.23. The van der Waals surface area contributed by atoms with Crippen molar-refractivity contribution in [1.29, 1.82) is 0 Å². The molecule has 1 unspecified atom stereocenters. The van der Waals surface area contributed by atoms with Crippen LogP contribution in [0.1, 0.15) is 26.2 Å². The Morgan fingerprint density at radius 1 is 1.62 bits per heavy atom. The van der Waals surface area contributed by atoms with Gasteiger partial charge in [0.15, 0.2) is 0 Å². The first-order valence-corrected chi connectivity index (χ1v) is 6.80. The number of nitrogens with zero attached hydrogens (tertiary/aromatic N) is 3. The second kappa shape index (κ2) is 5.32. The minimum absolute atomic E-state index is 0.317. The molecular formula is C11H15BrClN3. The van der Waals surface area contributed by atoms with Crippen LogP contribution < -0.4 is 4.90 Å². The molecule has 0 N–H and O–H groups in total. The Morgan fingerprint density at radius 3 is 3.19 bits per heavy atom. The Morgan fingerprint density at radius 2 is 2.44 bits per heavy atom. The number of hydrogen-bond acceptors (Lipinski definition) is 3. The van der Waals surface area contributed by atoms with Gasteiger partial charge in [0.2, 0.25) is 5.28 Å². The molecule has 1 saturated heterocycles. The van der Waals surface area contributed by atoms with Crippen molar-refractivity contribution in [3.63, 3.8) is 0 Å². The van der Waals surface area contributed by atoms with Crippen molar-refractivity contribution in [2.75, 3.05) is 18.0 Å². The standard InChI is InChI=1S/C11H15BrClN3/c1-2-3-8-4-5-16(7-8)10-9(12)6-14-11(13)15-10/h6,8H,2-5,7H2,1H3. The molecule has 1 aromatic rings. The fraction of sp³-hybridized carbons (Fsp3) is 0.636. The Kier molecular flexibility index (Phi) is 4.03. The topological polar surface area (TPSA) is 29.0 Å². The van der Waals surface area contributed by atoms with Crippen LogP contribution in [0, 0.1) is 5.92 Å². The highest BCUT2D eigenvalue weighted by molar-refractivity contribution is 9.10. The maximum Gasteiger partial charge on any atom is 0.224 e. The summed E-state index contributed by atoms with van der Waals surface area (Å²) in [6.07, 6.45) is 5.52. The molecule has 1 fully saturated rings. The van der Waals surface area contributed by atoms with Gasteiger partial charge in [0.1, 0.15) is 5.82 Å². The van der Waals surface area contributed by atoms with E-state index in [1.165, 1.54) is 19.3 Å². The van der Waals surface area contributed by atoms with Gasteiger partial charge in [-0.2, -0.15) is 4.98 Å². The molecule has 0 aromatic carbocycles. The molecule has 0 amide bonds. The first kappa shape index (κ1) is 12.1. The van der Waals surface area contributed by atoms with Crippen LogP contribution in [-0.4, -0.2) is 23.1 Å². The number of rotatable bonds is 3. The minimum atomic E-state index is 0.317. The molecule has 5 heteroatoms. The number of halogens is 2. The van der Waals surface area contributed by atoms with Crippen LogP contribution in [-0.2, 0) is 0 Å². The van der Waals surface area contributed by atoms with E-state index >= 15 is 0 Å². The van der Waals surface area contributed by atoms with Gasteiger partial charge in [-0.25, -0.2) is 4.98 Å². The summed E-state index contributed by atoms with van der Waals surface area (Å²) >= 11 is 9.30. The summed E-state index contributed by atoms with van der Waals surface area (Å²) in [5, 5.41) is 0.317. The van der Waals surface area contributed by atoms with Crippen LogP contribution in [0.2, 0.25) is 5.28 Å². The predicted octanol–water partition coefficient (Wildman–Crippen LogP) is 3.52. The molecule has 16 heavy (non-hydrogen) atoms. The normalized spacial score (nSPS) is 20.4. The van der Waals surface area contributed by atoms with Crippen LogP contribution >= 0.6 is 27.5 Å². The maximum atomic E-state index is 5.82. The molecule has 0 aliphatic carbocycles. The second-order valence-corrected chi connectivity index (χ2v) is 5.39. The number of anilines is 1. The van der Waals surface area contributed by atoms with Gasteiger partial charge in [-0.05, 0) is 46.3 Å². The van der Waals surface area contributed by atoms with Crippen molar-refractivity contribution < 1.29 is 0 Å². The lowest BCUT2D eigenvalue weighted by atomic mass is 10.0. The van der Waals surface area contributed by atoms with Crippen molar-refractivity contribution in [3.05, 3.63) is 16.0 Å². The van der Waals surface area contributed by atoms with Crippen LogP contribution in [0.15, 0.2) is 10.7 Å². The summed E-state index contributed by atoms with van der Waals surface area (Å²) < 4.78 is 0.925. The van der Waals surface area contributed by atoms with E-state index in [1.807, 2.05) is 0 Å². The second-order valence-electron chi connectivity index (χ2n) is 4.20. The first-order valence-electron chi connectivity index (χ1n) is 5.63. The highest BCUT2D eigenvalue weighted by Crippen LogP contribution is 2.30. The number of hydrogen-bond donors (Lipinski definition) is 0. The SMILES string of the molecule is CCCC1CCN(c2nc(Cl)ncc2Br)C1. The quantitative estimate of drug-likeness (QED) is 0.800. The van der Waals surface area contributed by atoms with Crippen LogP contribution in [0.5, 0.6) is 0 Å². The summed E-state index contributed by atoms with van der Waals surface area (Å²) in [4.78, 5) is 10.5. The van der Waals surface area contributed by atoms with E-state index in [-0.39, 0.29) is 0 Å². The average molecular weight is 305 g/mol. The summed E-state index contributed by atoms with van der Waals surface area (Å²) in [5.74, 6) is 1.73. The Hall–Kier alpha value is -0.350. The lowest BCUT2D eigenvalue weighted by Crippen LogP contribution is -2.21. The lowest BCUT2D eigenvalue weighted by Gasteiger charge is -2.18. The Balaban J connectivity index is 2.11.